The van der Waals surface area contributed by atoms with E-state index in [0.29, 0.717) is 23.8 Å². The van der Waals surface area contributed by atoms with Crippen molar-refractivity contribution in [3.8, 4) is 0 Å². The summed E-state index contributed by atoms with van der Waals surface area (Å²) in [6.45, 7) is 1.12. The highest BCUT2D eigenvalue weighted by atomic mass is 127. The van der Waals surface area contributed by atoms with Crippen LogP contribution in [0.5, 0.6) is 0 Å². The number of amides is 2. The molecule has 2 rings (SSSR count). The smallest absolute Gasteiger partial charge is 0.321 e. The van der Waals surface area contributed by atoms with Crippen LogP contribution in [-0.4, -0.2) is 35.1 Å². The average Bonchev–Trinajstić information content (AvgIpc) is 2.41. The Morgan fingerprint density at radius 1 is 1.48 bits per heavy atom. The van der Waals surface area contributed by atoms with Crippen molar-refractivity contribution in [2.45, 2.75) is 19.3 Å². The van der Waals surface area contributed by atoms with Gasteiger partial charge in [0.25, 0.3) is 0 Å². The average molecular weight is 423 g/mol. The molecule has 114 valence electrons. The summed E-state index contributed by atoms with van der Waals surface area (Å²) in [7, 11) is 0. The molecule has 5 nitrogen and oxygen atoms in total. The second-order valence-corrected chi connectivity index (χ2v) is 6.76. The van der Waals surface area contributed by atoms with Gasteiger partial charge in [-0.15, -0.1) is 0 Å². The maximum Gasteiger partial charge on any atom is 0.321 e. The quantitative estimate of drug-likeness (QED) is 0.730. The lowest BCUT2D eigenvalue weighted by Gasteiger charge is -2.32. The lowest BCUT2D eigenvalue weighted by molar-refractivity contribution is -0.138. The summed E-state index contributed by atoms with van der Waals surface area (Å²) in [4.78, 5) is 24.7. The number of nitrogens with zero attached hydrogens (tertiary/aromatic N) is 1. The van der Waals surface area contributed by atoms with Gasteiger partial charge in [-0.2, -0.15) is 0 Å². The molecule has 7 heteroatoms. The Morgan fingerprint density at radius 3 is 2.90 bits per heavy atom. The molecule has 1 unspecified atom stereocenters. The van der Waals surface area contributed by atoms with E-state index in [4.69, 9.17) is 16.7 Å². The minimum absolute atomic E-state index is 0.0224. The van der Waals surface area contributed by atoms with Crippen LogP contribution in [0.25, 0.3) is 0 Å². The SMILES string of the molecule is O=C(O)CC1CCCN(C(=O)Nc2ccc(I)cc2Cl)C1. The molecule has 0 aromatic heterocycles. The molecular formula is C14H16ClIN2O3. The van der Waals surface area contributed by atoms with Gasteiger partial charge in [0.05, 0.1) is 10.7 Å². The summed E-state index contributed by atoms with van der Waals surface area (Å²) in [6.07, 6.45) is 1.78. The first-order chi connectivity index (χ1) is 9.95. The molecule has 1 saturated heterocycles. The zero-order chi connectivity index (χ0) is 15.4. The van der Waals surface area contributed by atoms with E-state index in [-0.39, 0.29) is 18.4 Å². The normalized spacial score (nSPS) is 18.4. The first-order valence-electron chi connectivity index (χ1n) is 6.68. The second kappa shape index (κ2) is 7.31. The summed E-state index contributed by atoms with van der Waals surface area (Å²) in [5.74, 6) is -0.794. The van der Waals surface area contributed by atoms with E-state index in [1.165, 1.54) is 0 Å². The number of carbonyl (C=O) groups excluding carboxylic acids is 1. The molecule has 1 fully saturated rings. The Kier molecular flexibility index (Phi) is 5.69. The third-order valence-electron chi connectivity index (χ3n) is 3.44. The van der Waals surface area contributed by atoms with Gasteiger partial charge in [0.1, 0.15) is 0 Å². The largest absolute Gasteiger partial charge is 0.481 e. The number of hydrogen-bond acceptors (Lipinski definition) is 2. The van der Waals surface area contributed by atoms with Crippen LogP contribution in [0.4, 0.5) is 10.5 Å². The number of hydrogen-bond donors (Lipinski definition) is 2. The van der Waals surface area contributed by atoms with Crippen LogP contribution in [-0.2, 0) is 4.79 Å². The third kappa shape index (κ3) is 4.74. The van der Waals surface area contributed by atoms with Crippen LogP contribution in [0.3, 0.4) is 0 Å². The lowest BCUT2D eigenvalue weighted by atomic mass is 9.95. The molecule has 21 heavy (non-hydrogen) atoms. The van der Waals surface area contributed by atoms with Gasteiger partial charge >= 0.3 is 12.0 Å². The van der Waals surface area contributed by atoms with E-state index in [9.17, 15) is 9.59 Å². The Morgan fingerprint density at radius 2 is 2.24 bits per heavy atom. The number of carboxylic acid groups (broad SMARTS) is 1. The van der Waals surface area contributed by atoms with E-state index in [0.717, 1.165) is 16.4 Å². The van der Waals surface area contributed by atoms with Crippen molar-refractivity contribution in [2.75, 3.05) is 18.4 Å². The maximum absolute atomic E-state index is 12.2. The molecule has 1 aromatic carbocycles. The first kappa shape index (κ1) is 16.4. The lowest BCUT2D eigenvalue weighted by Crippen LogP contribution is -2.42. The van der Waals surface area contributed by atoms with E-state index in [1.807, 2.05) is 6.07 Å². The minimum Gasteiger partial charge on any atom is -0.481 e. The molecule has 1 heterocycles. The highest BCUT2D eigenvalue weighted by Gasteiger charge is 2.25. The number of urea groups is 1. The van der Waals surface area contributed by atoms with Gasteiger partial charge < -0.3 is 15.3 Å². The fourth-order valence-electron chi connectivity index (χ4n) is 2.45. The molecule has 2 N–H and O–H groups in total. The zero-order valence-corrected chi connectivity index (χ0v) is 14.2. The number of nitrogens with one attached hydrogen (secondary N) is 1. The van der Waals surface area contributed by atoms with Gasteiger partial charge in [-0.3, -0.25) is 4.79 Å². The molecule has 0 bridgehead atoms. The molecule has 1 atom stereocenters. The van der Waals surface area contributed by atoms with Crippen LogP contribution < -0.4 is 5.32 Å². The second-order valence-electron chi connectivity index (χ2n) is 5.11. The summed E-state index contributed by atoms with van der Waals surface area (Å²) in [5, 5.41) is 12.1. The Labute approximate surface area is 141 Å². The Balaban J connectivity index is 1.97. The van der Waals surface area contributed by atoms with Gasteiger partial charge in [0, 0.05) is 23.1 Å². The van der Waals surface area contributed by atoms with E-state index < -0.39 is 5.97 Å². The molecule has 0 aliphatic carbocycles. The number of piperidine rings is 1. The van der Waals surface area contributed by atoms with Crippen LogP contribution in [0, 0.1) is 9.49 Å². The number of likely N-dealkylation sites (tertiary alicyclic amines) is 1. The fourth-order valence-corrected chi connectivity index (χ4v) is 3.35. The molecule has 1 aliphatic rings. The topological polar surface area (TPSA) is 69.6 Å². The summed E-state index contributed by atoms with van der Waals surface area (Å²) < 4.78 is 0.995. The summed E-state index contributed by atoms with van der Waals surface area (Å²) in [5.41, 5.74) is 0.572. The van der Waals surface area contributed by atoms with Gasteiger partial charge in [-0.1, -0.05) is 11.6 Å². The number of rotatable bonds is 3. The Bertz CT molecular complexity index is 553. The molecule has 0 spiro atoms. The van der Waals surface area contributed by atoms with Crippen molar-refractivity contribution in [3.63, 3.8) is 0 Å². The van der Waals surface area contributed by atoms with Gasteiger partial charge in [-0.05, 0) is 59.5 Å². The zero-order valence-electron chi connectivity index (χ0n) is 11.3. The molecular weight excluding hydrogens is 407 g/mol. The maximum atomic E-state index is 12.2. The van der Waals surface area contributed by atoms with Gasteiger partial charge in [0.2, 0.25) is 0 Å². The standard InChI is InChI=1S/C14H16ClIN2O3/c15-11-7-10(16)3-4-12(11)17-14(21)18-5-1-2-9(8-18)6-13(19)20/h3-4,7,9H,1-2,5-6,8H2,(H,17,21)(H,19,20). The van der Waals surface area contributed by atoms with Crippen molar-refractivity contribution >= 4 is 51.9 Å². The number of carboxylic acids is 1. The highest BCUT2D eigenvalue weighted by Crippen LogP contribution is 2.25. The number of anilines is 1. The fraction of sp³-hybridized carbons (Fsp3) is 0.429. The van der Waals surface area contributed by atoms with Gasteiger partial charge in [-0.25, -0.2) is 4.79 Å². The van der Waals surface area contributed by atoms with Crippen molar-refractivity contribution in [1.29, 1.82) is 0 Å². The van der Waals surface area contributed by atoms with Crippen LogP contribution in [0.15, 0.2) is 18.2 Å². The number of benzene rings is 1. The molecule has 1 aromatic rings. The predicted molar refractivity (Wildman–Crippen MR) is 89.7 cm³/mol. The number of carbonyl (C=O) groups is 2. The van der Waals surface area contributed by atoms with E-state index >= 15 is 0 Å². The number of aliphatic carboxylic acids is 1. The summed E-state index contributed by atoms with van der Waals surface area (Å²) in [6, 6.07) is 5.18. The van der Waals surface area contributed by atoms with Crippen molar-refractivity contribution < 1.29 is 14.7 Å². The molecule has 2 amide bonds. The van der Waals surface area contributed by atoms with E-state index in [2.05, 4.69) is 27.9 Å². The minimum atomic E-state index is -0.817. The van der Waals surface area contributed by atoms with Crippen LogP contribution in [0.2, 0.25) is 5.02 Å². The monoisotopic (exact) mass is 422 g/mol. The van der Waals surface area contributed by atoms with Crippen molar-refractivity contribution in [1.82, 2.24) is 4.90 Å². The predicted octanol–water partition coefficient (Wildman–Crippen LogP) is 3.66. The van der Waals surface area contributed by atoms with Crippen LogP contribution in [0.1, 0.15) is 19.3 Å². The molecule has 0 saturated carbocycles. The third-order valence-corrected chi connectivity index (χ3v) is 4.43. The molecule has 1 aliphatic heterocycles. The van der Waals surface area contributed by atoms with Crippen LogP contribution >= 0.6 is 34.2 Å². The number of halogens is 2. The van der Waals surface area contributed by atoms with Crippen molar-refractivity contribution in [2.24, 2.45) is 5.92 Å². The molecule has 0 radical (unpaired) electrons. The van der Waals surface area contributed by atoms with Gasteiger partial charge in [0.15, 0.2) is 0 Å². The van der Waals surface area contributed by atoms with Crippen molar-refractivity contribution in [3.05, 3.63) is 26.8 Å². The van der Waals surface area contributed by atoms with E-state index in [1.54, 1.807) is 17.0 Å². The first-order valence-corrected chi connectivity index (χ1v) is 8.14. The summed E-state index contributed by atoms with van der Waals surface area (Å²) >= 11 is 8.24. The Hall–Kier alpha value is -1.02. The highest BCUT2D eigenvalue weighted by molar-refractivity contribution is 14.1.